The third-order valence-corrected chi connectivity index (χ3v) is 10.7. The van der Waals surface area contributed by atoms with Crippen molar-refractivity contribution in [2.75, 3.05) is 31.9 Å². The van der Waals surface area contributed by atoms with Crippen molar-refractivity contribution in [1.82, 2.24) is 24.0 Å². The molecule has 0 unspecified atom stereocenters. The highest BCUT2D eigenvalue weighted by Gasteiger charge is 2.28. The van der Waals surface area contributed by atoms with E-state index in [0.717, 1.165) is 61.2 Å². The molecule has 1 aromatic heterocycles. The molecule has 2 aliphatic rings. The van der Waals surface area contributed by atoms with Crippen LogP contribution < -0.4 is 0 Å². The maximum absolute atomic E-state index is 13.0. The van der Waals surface area contributed by atoms with E-state index in [1.165, 1.54) is 43.2 Å². The molecule has 5 rings (SSSR count). The Bertz CT molecular complexity index is 1300. The number of benzene rings is 2. The van der Waals surface area contributed by atoms with E-state index in [1.54, 1.807) is 16.1 Å². The van der Waals surface area contributed by atoms with Crippen LogP contribution in [0.15, 0.2) is 58.6 Å². The van der Waals surface area contributed by atoms with Gasteiger partial charge < -0.3 is 4.57 Å². The van der Waals surface area contributed by atoms with Crippen molar-refractivity contribution in [1.29, 1.82) is 0 Å². The highest BCUT2D eigenvalue weighted by molar-refractivity contribution is 7.99. The number of hydrogen-bond acceptors (Lipinski definition) is 6. The molecule has 9 heteroatoms. The first-order valence-electron chi connectivity index (χ1n) is 13.9. The summed E-state index contributed by atoms with van der Waals surface area (Å²) in [4.78, 5) is 2.96. The summed E-state index contributed by atoms with van der Waals surface area (Å²) in [6.45, 7) is 4.31. The lowest BCUT2D eigenvalue weighted by molar-refractivity contribution is 0.247. The topological polar surface area (TPSA) is 71.3 Å². The maximum atomic E-state index is 13.0. The molecular weight excluding hydrogens is 514 g/mol. The Morgan fingerprint density at radius 2 is 1.63 bits per heavy atom. The molecule has 3 heterocycles. The average molecular weight is 554 g/mol. The van der Waals surface area contributed by atoms with Gasteiger partial charge in [0.15, 0.2) is 11.0 Å². The van der Waals surface area contributed by atoms with Gasteiger partial charge in [-0.1, -0.05) is 67.4 Å². The molecular formula is C29H39N5O2S2. The van der Waals surface area contributed by atoms with Crippen molar-refractivity contribution in [3.63, 3.8) is 0 Å². The van der Waals surface area contributed by atoms with Gasteiger partial charge in [0.25, 0.3) is 0 Å². The molecule has 3 aromatic rings. The van der Waals surface area contributed by atoms with Gasteiger partial charge in [0.2, 0.25) is 10.0 Å². The minimum absolute atomic E-state index is 0.468. The summed E-state index contributed by atoms with van der Waals surface area (Å²) in [5.41, 5.74) is 3.59. The number of fused-ring (bicyclic) bond motifs is 1. The SMILES string of the molecule is Cn1c(SCCCCCCCN2CCc3ccc(S(=O)(=O)N4CCCC4)cc3C2)nnc1-c1ccccc1. The van der Waals surface area contributed by atoms with E-state index in [0.29, 0.717) is 18.0 Å². The zero-order chi connectivity index (χ0) is 26.4. The molecule has 0 radical (unpaired) electrons. The number of thioether (sulfide) groups is 1. The molecule has 1 saturated heterocycles. The van der Waals surface area contributed by atoms with Crippen molar-refractivity contribution >= 4 is 21.8 Å². The highest BCUT2D eigenvalue weighted by atomic mass is 32.2. The number of aromatic nitrogens is 3. The van der Waals surface area contributed by atoms with Gasteiger partial charge >= 0.3 is 0 Å². The second kappa shape index (κ2) is 12.8. The quantitative estimate of drug-likeness (QED) is 0.222. The van der Waals surface area contributed by atoms with E-state index in [2.05, 4.69) is 31.8 Å². The van der Waals surface area contributed by atoms with Crippen LogP contribution in [0.1, 0.15) is 56.1 Å². The van der Waals surface area contributed by atoms with Gasteiger partial charge in [-0.2, -0.15) is 4.31 Å². The third kappa shape index (κ3) is 6.50. The molecule has 1 fully saturated rings. The normalized spacial score (nSPS) is 16.7. The van der Waals surface area contributed by atoms with Crippen LogP contribution in [0.3, 0.4) is 0 Å². The highest BCUT2D eigenvalue weighted by Crippen LogP contribution is 2.27. The molecule has 0 atom stereocenters. The fourth-order valence-electron chi connectivity index (χ4n) is 5.43. The molecule has 2 aliphatic heterocycles. The third-order valence-electron chi connectivity index (χ3n) is 7.69. The van der Waals surface area contributed by atoms with Crippen molar-refractivity contribution < 1.29 is 8.42 Å². The predicted octanol–water partition coefficient (Wildman–Crippen LogP) is 5.37. The first-order valence-corrected chi connectivity index (χ1v) is 16.4. The fourth-order valence-corrected chi connectivity index (χ4v) is 7.91. The second-order valence-electron chi connectivity index (χ2n) is 10.4. The minimum Gasteiger partial charge on any atom is -0.305 e. The molecule has 7 nitrogen and oxygen atoms in total. The van der Waals surface area contributed by atoms with Crippen LogP contribution in [0, 0.1) is 0 Å². The Balaban J connectivity index is 0.998. The van der Waals surface area contributed by atoms with E-state index >= 15 is 0 Å². The zero-order valence-corrected chi connectivity index (χ0v) is 24.0. The molecule has 38 heavy (non-hydrogen) atoms. The Morgan fingerprint density at radius 3 is 2.45 bits per heavy atom. The van der Waals surface area contributed by atoms with Crippen LogP contribution in [0.4, 0.5) is 0 Å². The predicted molar refractivity (Wildman–Crippen MR) is 154 cm³/mol. The molecule has 0 aliphatic carbocycles. The van der Waals surface area contributed by atoms with E-state index in [-0.39, 0.29) is 0 Å². The molecule has 0 spiro atoms. The second-order valence-corrected chi connectivity index (χ2v) is 13.4. The summed E-state index contributed by atoms with van der Waals surface area (Å²) in [5.74, 6) is 1.98. The molecule has 0 N–H and O–H groups in total. The van der Waals surface area contributed by atoms with E-state index in [9.17, 15) is 8.42 Å². The van der Waals surface area contributed by atoms with E-state index < -0.39 is 10.0 Å². The van der Waals surface area contributed by atoms with Crippen molar-refractivity contribution in [2.45, 2.75) is 68.0 Å². The van der Waals surface area contributed by atoms with Crippen LogP contribution >= 0.6 is 11.8 Å². The Morgan fingerprint density at radius 1 is 0.868 bits per heavy atom. The van der Waals surface area contributed by atoms with Crippen LogP contribution in [-0.4, -0.2) is 64.3 Å². The van der Waals surface area contributed by atoms with Crippen LogP contribution in [0.5, 0.6) is 0 Å². The van der Waals surface area contributed by atoms with Gasteiger partial charge in [-0.15, -0.1) is 10.2 Å². The Kier molecular flexibility index (Phi) is 9.20. The standard InChI is InChI=1S/C29H39N5O2S2/c1-32-28(25-12-6-5-7-13-25)30-31-29(32)37-21-11-4-2-3-8-17-33-20-16-24-14-15-27(22-26(24)23-33)38(35,36)34-18-9-10-19-34/h5-7,12-15,22H,2-4,8-11,16-21,23H2,1H3. The lowest BCUT2D eigenvalue weighted by atomic mass is 9.99. The summed E-state index contributed by atoms with van der Waals surface area (Å²) >= 11 is 1.79. The molecule has 204 valence electrons. The maximum Gasteiger partial charge on any atom is 0.243 e. The first-order chi connectivity index (χ1) is 18.5. The largest absolute Gasteiger partial charge is 0.305 e. The van der Waals surface area contributed by atoms with E-state index in [4.69, 9.17) is 0 Å². The summed E-state index contributed by atoms with van der Waals surface area (Å²) in [6, 6.07) is 16.0. The van der Waals surface area contributed by atoms with Gasteiger partial charge in [0.05, 0.1) is 4.90 Å². The number of rotatable bonds is 12. The fraction of sp³-hybridized carbons (Fsp3) is 0.517. The molecule has 0 saturated carbocycles. The van der Waals surface area contributed by atoms with E-state index in [1.807, 2.05) is 43.4 Å². The molecule has 0 amide bonds. The van der Waals surface area contributed by atoms with Gasteiger partial charge in [-0.3, -0.25) is 4.90 Å². The van der Waals surface area contributed by atoms with Crippen LogP contribution in [0.2, 0.25) is 0 Å². The Hall–Kier alpha value is -2.20. The average Bonchev–Trinajstić information content (AvgIpc) is 3.61. The number of hydrogen-bond donors (Lipinski definition) is 0. The smallest absolute Gasteiger partial charge is 0.243 e. The molecule has 0 bridgehead atoms. The van der Waals surface area contributed by atoms with Gasteiger partial charge in [0, 0.05) is 44.5 Å². The summed E-state index contributed by atoms with van der Waals surface area (Å²) in [5, 5.41) is 9.73. The summed E-state index contributed by atoms with van der Waals surface area (Å²) < 4.78 is 29.7. The lowest BCUT2D eigenvalue weighted by Crippen LogP contribution is -2.32. The minimum atomic E-state index is -3.35. The summed E-state index contributed by atoms with van der Waals surface area (Å²) in [6.07, 6.45) is 9.03. The first kappa shape index (κ1) is 27.4. The van der Waals surface area contributed by atoms with Crippen molar-refractivity contribution in [3.8, 4) is 11.4 Å². The van der Waals surface area contributed by atoms with Gasteiger partial charge in [-0.25, -0.2) is 8.42 Å². The Labute approximate surface area is 231 Å². The zero-order valence-electron chi connectivity index (χ0n) is 22.4. The van der Waals surface area contributed by atoms with Crippen molar-refractivity contribution in [3.05, 3.63) is 59.7 Å². The van der Waals surface area contributed by atoms with Crippen LogP contribution in [0.25, 0.3) is 11.4 Å². The number of sulfonamides is 1. The van der Waals surface area contributed by atoms with Crippen LogP contribution in [-0.2, 0) is 30.0 Å². The van der Waals surface area contributed by atoms with Gasteiger partial charge in [0.1, 0.15) is 0 Å². The van der Waals surface area contributed by atoms with Gasteiger partial charge in [-0.05, 0) is 61.9 Å². The lowest BCUT2D eigenvalue weighted by Gasteiger charge is -2.29. The number of nitrogens with zero attached hydrogens (tertiary/aromatic N) is 5. The monoisotopic (exact) mass is 553 g/mol. The van der Waals surface area contributed by atoms with Crippen molar-refractivity contribution in [2.24, 2.45) is 7.05 Å². The number of unbranched alkanes of at least 4 members (excludes halogenated alkanes) is 4. The molecule has 2 aromatic carbocycles. The summed E-state index contributed by atoms with van der Waals surface area (Å²) in [7, 11) is -1.31.